The maximum absolute atomic E-state index is 13.4. The average molecular weight is 273 g/mol. The first kappa shape index (κ1) is 16.0. The molecule has 0 saturated carbocycles. The molecule has 108 valence electrons. The summed E-state index contributed by atoms with van der Waals surface area (Å²) in [5.41, 5.74) is 0.257. The van der Waals surface area contributed by atoms with E-state index in [2.05, 4.69) is 19.2 Å². The van der Waals surface area contributed by atoms with Crippen LogP contribution in [0.1, 0.15) is 38.7 Å². The summed E-state index contributed by atoms with van der Waals surface area (Å²) in [5.74, 6) is -2.33. The first-order valence-electron chi connectivity index (χ1n) is 6.88. The molecule has 4 heteroatoms. The summed E-state index contributed by atoms with van der Waals surface area (Å²) in [7, 11) is 0. The monoisotopic (exact) mass is 273 g/mol. The number of nitrogens with one attached hydrogen (secondary N) is 1. The van der Waals surface area contributed by atoms with Crippen LogP contribution >= 0.6 is 0 Å². The lowest BCUT2D eigenvalue weighted by molar-refractivity contribution is 0.458. The molecule has 1 nitrogen and oxygen atoms in total. The minimum Gasteiger partial charge on any atom is -0.317 e. The van der Waals surface area contributed by atoms with Crippen molar-refractivity contribution in [3.63, 3.8) is 0 Å². The van der Waals surface area contributed by atoms with Crippen molar-refractivity contribution < 1.29 is 13.2 Å². The first-order valence-corrected chi connectivity index (χ1v) is 6.88. The Bertz CT molecular complexity index is 393. The number of benzene rings is 1. The fraction of sp³-hybridized carbons (Fsp3) is 0.600. The molecule has 0 aromatic heterocycles. The first-order chi connectivity index (χ1) is 9.04. The third-order valence-corrected chi connectivity index (χ3v) is 3.24. The second-order valence-electron chi connectivity index (χ2n) is 5.04. The van der Waals surface area contributed by atoms with Crippen LogP contribution in [0.5, 0.6) is 0 Å². The van der Waals surface area contributed by atoms with Gasteiger partial charge in [0, 0.05) is 6.07 Å². The van der Waals surface area contributed by atoms with E-state index in [1.165, 1.54) is 0 Å². The molecule has 1 atom stereocenters. The third-order valence-electron chi connectivity index (χ3n) is 3.24. The van der Waals surface area contributed by atoms with Crippen LogP contribution in [0.2, 0.25) is 0 Å². The number of hydrogen-bond donors (Lipinski definition) is 1. The summed E-state index contributed by atoms with van der Waals surface area (Å²) < 4.78 is 39.2. The largest absolute Gasteiger partial charge is 0.317 e. The molecule has 0 saturated heterocycles. The van der Waals surface area contributed by atoms with E-state index in [4.69, 9.17) is 0 Å². The van der Waals surface area contributed by atoms with E-state index in [-0.39, 0.29) is 5.56 Å². The zero-order chi connectivity index (χ0) is 14.3. The summed E-state index contributed by atoms with van der Waals surface area (Å²) in [6.07, 6.45) is 3.33. The van der Waals surface area contributed by atoms with Gasteiger partial charge in [-0.05, 0) is 56.3 Å². The Morgan fingerprint density at radius 1 is 1.00 bits per heavy atom. The van der Waals surface area contributed by atoms with E-state index in [0.717, 1.165) is 38.4 Å². The Morgan fingerprint density at radius 3 is 2.37 bits per heavy atom. The third kappa shape index (κ3) is 5.64. The molecular formula is C15H22F3N. The summed E-state index contributed by atoms with van der Waals surface area (Å²) in [6, 6.07) is 1.59. The van der Waals surface area contributed by atoms with E-state index < -0.39 is 17.5 Å². The van der Waals surface area contributed by atoms with Gasteiger partial charge in [0.1, 0.15) is 5.82 Å². The quantitative estimate of drug-likeness (QED) is 0.556. The molecule has 0 radical (unpaired) electrons. The molecule has 0 aliphatic rings. The zero-order valence-electron chi connectivity index (χ0n) is 11.6. The van der Waals surface area contributed by atoms with E-state index in [1.54, 1.807) is 0 Å². The Hall–Kier alpha value is -1.03. The summed E-state index contributed by atoms with van der Waals surface area (Å²) in [5, 5.41) is 3.31. The van der Waals surface area contributed by atoms with Crippen molar-refractivity contribution in [3.8, 4) is 0 Å². The lowest BCUT2D eigenvalue weighted by Gasteiger charge is -2.12. The Morgan fingerprint density at radius 2 is 1.68 bits per heavy atom. The van der Waals surface area contributed by atoms with Gasteiger partial charge in [-0.2, -0.15) is 0 Å². The van der Waals surface area contributed by atoms with Gasteiger partial charge in [-0.1, -0.05) is 13.8 Å². The molecule has 1 rings (SSSR count). The lowest BCUT2D eigenvalue weighted by atomic mass is 9.98. The van der Waals surface area contributed by atoms with Gasteiger partial charge in [0.05, 0.1) is 0 Å². The minimum absolute atomic E-state index is 0.257. The van der Waals surface area contributed by atoms with Gasteiger partial charge < -0.3 is 5.32 Å². The van der Waals surface area contributed by atoms with Crippen molar-refractivity contribution in [1.82, 2.24) is 5.32 Å². The average Bonchev–Trinajstić information content (AvgIpc) is 2.37. The normalized spacial score (nSPS) is 12.7. The van der Waals surface area contributed by atoms with Gasteiger partial charge in [0.15, 0.2) is 11.6 Å². The van der Waals surface area contributed by atoms with Gasteiger partial charge in [-0.3, -0.25) is 0 Å². The van der Waals surface area contributed by atoms with Crippen molar-refractivity contribution in [3.05, 3.63) is 35.1 Å². The molecule has 0 amide bonds. The molecule has 1 aromatic carbocycles. The molecule has 0 spiro atoms. The van der Waals surface area contributed by atoms with Crippen LogP contribution in [0, 0.1) is 23.4 Å². The minimum atomic E-state index is -1.13. The van der Waals surface area contributed by atoms with E-state index in [1.807, 2.05) is 0 Å². The SMILES string of the molecule is CCCNCCC(C)CCc1cc(F)c(F)cc1F. The maximum Gasteiger partial charge on any atom is 0.161 e. The Kier molecular flexibility index (Phi) is 6.92. The maximum atomic E-state index is 13.4. The molecular weight excluding hydrogens is 251 g/mol. The molecule has 1 unspecified atom stereocenters. The fourth-order valence-electron chi connectivity index (χ4n) is 1.95. The highest BCUT2D eigenvalue weighted by atomic mass is 19.2. The molecule has 0 fully saturated rings. The van der Waals surface area contributed by atoms with Gasteiger partial charge in [-0.25, -0.2) is 13.2 Å². The van der Waals surface area contributed by atoms with Gasteiger partial charge in [0.25, 0.3) is 0 Å². The van der Waals surface area contributed by atoms with E-state index in [9.17, 15) is 13.2 Å². The van der Waals surface area contributed by atoms with Crippen molar-refractivity contribution in [2.45, 2.75) is 39.5 Å². The lowest BCUT2D eigenvalue weighted by Crippen LogP contribution is -2.18. The van der Waals surface area contributed by atoms with Crippen molar-refractivity contribution >= 4 is 0 Å². The van der Waals surface area contributed by atoms with Crippen LogP contribution in [0.15, 0.2) is 12.1 Å². The van der Waals surface area contributed by atoms with Crippen LogP contribution in [-0.4, -0.2) is 13.1 Å². The van der Waals surface area contributed by atoms with Gasteiger partial charge in [0.2, 0.25) is 0 Å². The van der Waals surface area contributed by atoms with E-state index >= 15 is 0 Å². The van der Waals surface area contributed by atoms with Crippen LogP contribution < -0.4 is 5.32 Å². The molecule has 1 N–H and O–H groups in total. The summed E-state index contributed by atoms with van der Waals surface area (Å²) in [6.45, 7) is 6.15. The van der Waals surface area contributed by atoms with Crippen molar-refractivity contribution in [1.29, 1.82) is 0 Å². The number of rotatable bonds is 8. The van der Waals surface area contributed by atoms with Crippen LogP contribution in [0.25, 0.3) is 0 Å². The van der Waals surface area contributed by atoms with Crippen LogP contribution in [0.4, 0.5) is 13.2 Å². The molecule has 1 aromatic rings. The zero-order valence-corrected chi connectivity index (χ0v) is 11.6. The Labute approximate surface area is 113 Å². The highest BCUT2D eigenvalue weighted by Crippen LogP contribution is 2.18. The highest BCUT2D eigenvalue weighted by molar-refractivity contribution is 5.20. The predicted molar refractivity (Wildman–Crippen MR) is 71.6 cm³/mol. The second kappa shape index (κ2) is 8.20. The van der Waals surface area contributed by atoms with Gasteiger partial charge in [-0.15, -0.1) is 0 Å². The summed E-state index contributed by atoms with van der Waals surface area (Å²) >= 11 is 0. The van der Waals surface area contributed by atoms with Crippen LogP contribution in [0.3, 0.4) is 0 Å². The predicted octanol–water partition coefficient (Wildman–Crippen LogP) is 4.06. The fourth-order valence-corrected chi connectivity index (χ4v) is 1.95. The summed E-state index contributed by atoms with van der Waals surface area (Å²) in [4.78, 5) is 0. The van der Waals surface area contributed by atoms with Crippen molar-refractivity contribution in [2.24, 2.45) is 5.92 Å². The number of halogens is 3. The standard InChI is InChI=1S/C15H22F3N/c1-3-7-19-8-6-11(2)4-5-12-9-14(17)15(18)10-13(12)16/h9-11,19H,3-8H2,1-2H3. The second-order valence-corrected chi connectivity index (χ2v) is 5.04. The molecule has 0 bridgehead atoms. The number of hydrogen-bond acceptors (Lipinski definition) is 1. The van der Waals surface area contributed by atoms with E-state index in [0.29, 0.717) is 18.4 Å². The molecule has 19 heavy (non-hydrogen) atoms. The van der Waals surface area contributed by atoms with Gasteiger partial charge >= 0.3 is 0 Å². The van der Waals surface area contributed by atoms with Crippen molar-refractivity contribution in [2.75, 3.05) is 13.1 Å². The number of aryl methyl sites for hydroxylation is 1. The molecule has 0 aliphatic heterocycles. The van der Waals surface area contributed by atoms with Crippen LogP contribution in [-0.2, 0) is 6.42 Å². The topological polar surface area (TPSA) is 12.0 Å². The molecule has 0 aliphatic carbocycles. The molecule has 0 heterocycles. The highest BCUT2D eigenvalue weighted by Gasteiger charge is 2.11. The Balaban J connectivity index is 2.37. The smallest absolute Gasteiger partial charge is 0.161 e.